The van der Waals surface area contributed by atoms with Crippen molar-refractivity contribution in [2.75, 3.05) is 20.2 Å². The monoisotopic (exact) mass is 619 g/mol. The molecule has 242 valence electrons. The van der Waals surface area contributed by atoms with Crippen LogP contribution in [0, 0.1) is 23.7 Å². The van der Waals surface area contributed by atoms with E-state index in [0.29, 0.717) is 55.7 Å². The van der Waals surface area contributed by atoms with E-state index >= 15 is 0 Å². The number of aromatic hydroxyl groups is 2. The first-order valence-corrected chi connectivity index (χ1v) is 16.0. The molecule has 0 aromatic heterocycles. The second-order valence-electron chi connectivity index (χ2n) is 12.8. The average molecular weight is 620 g/mol. The van der Waals surface area contributed by atoms with Crippen LogP contribution in [0.5, 0.6) is 23.0 Å². The van der Waals surface area contributed by atoms with Crippen molar-refractivity contribution in [2.24, 2.45) is 16.8 Å². The molecule has 0 spiro atoms. The van der Waals surface area contributed by atoms with Crippen LogP contribution in [0.4, 0.5) is 0 Å². The van der Waals surface area contributed by atoms with Gasteiger partial charge in [0.2, 0.25) is 6.29 Å². The van der Waals surface area contributed by atoms with Gasteiger partial charge in [0.25, 0.3) is 0 Å². The summed E-state index contributed by atoms with van der Waals surface area (Å²) in [6.45, 7) is 5.79. The summed E-state index contributed by atoms with van der Waals surface area (Å²) in [4.78, 5) is 17.4. The number of phenols is 2. The molecule has 0 saturated heterocycles. The Bertz CT molecular complexity index is 1490. The van der Waals surface area contributed by atoms with E-state index in [1.165, 1.54) is 13.2 Å². The number of benzene rings is 2. The van der Waals surface area contributed by atoms with E-state index in [0.717, 1.165) is 35.6 Å². The van der Waals surface area contributed by atoms with Crippen LogP contribution in [-0.2, 0) is 30.5 Å². The number of nitrogens with one attached hydrogen (secondary N) is 2. The summed E-state index contributed by atoms with van der Waals surface area (Å²) in [5.41, 5.74) is 3.48. The smallest absolute Gasteiger partial charge is 0.200 e. The molecule has 0 saturated carbocycles. The Morgan fingerprint density at radius 3 is 2.71 bits per heavy atom. The molecule has 6 N–H and O–H groups in total. The molecule has 0 radical (unpaired) electrons. The fourth-order valence-electron chi connectivity index (χ4n) is 6.34. The average Bonchev–Trinajstić information content (AvgIpc) is 3.01. The lowest BCUT2D eigenvalue weighted by Gasteiger charge is -2.35. The van der Waals surface area contributed by atoms with Crippen LogP contribution >= 0.6 is 0 Å². The molecule has 3 aliphatic rings. The number of ketones is 1. The highest BCUT2D eigenvalue weighted by atomic mass is 16.6. The number of ether oxygens (including phenoxy) is 2. The Balaban J connectivity index is 1.43. The van der Waals surface area contributed by atoms with Gasteiger partial charge in [-0.25, -0.2) is 0 Å². The Morgan fingerprint density at radius 2 is 1.93 bits per heavy atom. The van der Waals surface area contributed by atoms with Crippen molar-refractivity contribution < 1.29 is 34.7 Å². The first-order chi connectivity index (χ1) is 21.6. The molecule has 10 nitrogen and oxygen atoms in total. The molecule has 2 aromatic carbocycles. The van der Waals surface area contributed by atoms with Crippen LogP contribution in [0.15, 0.2) is 23.2 Å². The standard InChI is InChI=1S/C35H45N3O7/c1-20(2)19-37-35-36-14-13-25(38-35)16-24-17-29-22-8-11-27(40)18-26(39)10-7-21-9-12-30(41)32(44-3)28(21)6-4-5-23(15-22)31(42)33(29)45-34(24)43/h9,12,15,20,24-25,27,34,40-43H,5,7-8,10-11,13-14,16-19H2,1-3H3,(H2,36,37,38). The number of methoxy groups -OCH3 is 1. The van der Waals surface area contributed by atoms with Crippen molar-refractivity contribution in [3.8, 4) is 34.8 Å². The molecule has 2 aliphatic heterocycles. The van der Waals surface area contributed by atoms with Gasteiger partial charge in [-0.3, -0.25) is 9.79 Å². The van der Waals surface area contributed by atoms with Crippen molar-refractivity contribution in [3.63, 3.8) is 0 Å². The molecular formula is C35H45N3O7. The van der Waals surface area contributed by atoms with Gasteiger partial charge >= 0.3 is 0 Å². The van der Waals surface area contributed by atoms with Gasteiger partial charge in [-0.1, -0.05) is 37.8 Å². The van der Waals surface area contributed by atoms with Crippen molar-refractivity contribution in [3.05, 3.63) is 46.0 Å². The van der Waals surface area contributed by atoms with Crippen LogP contribution in [0.3, 0.4) is 0 Å². The van der Waals surface area contributed by atoms with Crippen LogP contribution < -0.4 is 20.1 Å². The summed E-state index contributed by atoms with van der Waals surface area (Å²) in [6, 6.07) is 5.25. The predicted octanol–water partition coefficient (Wildman–Crippen LogP) is 3.12. The summed E-state index contributed by atoms with van der Waals surface area (Å²) >= 11 is 0. The molecule has 0 fully saturated rings. The van der Waals surface area contributed by atoms with Crippen LogP contribution in [0.1, 0.15) is 73.8 Å². The van der Waals surface area contributed by atoms with Gasteiger partial charge in [0.05, 0.1) is 18.8 Å². The van der Waals surface area contributed by atoms with E-state index in [1.54, 1.807) is 6.07 Å². The fraction of sp³-hybridized carbons (Fsp3) is 0.543. The van der Waals surface area contributed by atoms with Crippen molar-refractivity contribution in [1.29, 1.82) is 0 Å². The van der Waals surface area contributed by atoms with Crippen molar-refractivity contribution in [1.82, 2.24) is 10.6 Å². The minimum Gasteiger partial charge on any atom is -0.504 e. The quantitative estimate of drug-likeness (QED) is 0.277. The topological polar surface area (TPSA) is 153 Å². The number of nitrogens with zero attached hydrogens (tertiary/aromatic N) is 1. The lowest BCUT2D eigenvalue weighted by molar-refractivity contribution is -0.121. The molecule has 2 heterocycles. The van der Waals surface area contributed by atoms with Gasteiger partial charge in [0, 0.05) is 55.4 Å². The second kappa shape index (κ2) is 14.4. The van der Waals surface area contributed by atoms with Crippen molar-refractivity contribution >= 4 is 11.7 Å². The van der Waals surface area contributed by atoms with Gasteiger partial charge in [0.15, 0.2) is 29.0 Å². The van der Waals surface area contributed by atoms with E-state index in [-0.39, 0.29) is 60.0 Å². The maximum atomic E-state index is 12.8. The van der Waals surface area contributed by atoms with Gasteiger partial charge in [0.1, 0.15) is 5.78 Å². The number of aryl methyl sites for hydroxylation is 2. The fourth-order valence-corrected chi connectivity index (χ4v) is 6.34. The molecule has 5 rings (SSSR count). The highest BCUT2D eigenvalue weighted by Gasteiger charge is 2.35. The number of aliphatic hydroxyl groups is 2. The number of aliphatic hydroxyl groups excluding tert-OH is 2. The third-order valence-electron chi connectivity index (χ3n) is 8.79. The number of hydrogen-bond acceptors (Lipinski definition) is 10. The summed E-state index contributed by atoms with van der Waals surface area (Å²) in [6.07, 6.45) is 1.72. The minimum atomic E-state index is -1.11. The van der Waals surface area contributed by atoms with E-state index < -0.39 is 12.4 Å². The third kappa shape index (κ3) is 7.84. The number of carbonyl (C=O) groups excluding carboxylic acids is 1. The lowest BCUT2D eigenvalue weighted by atomic mass is 9.84. The number of guanidine groups is 1. The first-order valence-electron chi connectivity index (χ1n) is 16.0. The summed E-state index contributed by atoms with van der Waals surface area (Å²) in [5.74, 6) is 7.53. The number of hydrogen-bond donors (Lipinski definition) is 6. The molecule has 4 atom stereocenters. The Hall–Kier alpha value is -3.94. The summed E-state index contributed by atoms with van der Waals surface area (Å²) in [7, 11) is 1.45. The molecular weight excluding hydrogens is 574 g/mol. The zero-order valence-electron chi connectivity index (χ0n) is 26.4. The van der Waals surface area contributed by atoms with E-state index in [2.05, 4.69) is 41.3 Å². The number of carbonyl (C=O) groups is 1. The largest absolute Gasteiger partial charge is 0.504 e. The predicted molar refractivity (Wildman–Crippen MR) is 171 cm³/mol. The SMILES string of the molecule is COc1c(O)ccc2c1C#CCc1cc(c3c(c1O)OC(O)C(CC1CCN=C(NCC(C)C)N1)C3)CCC(O)CC(=O)CC2. The minimum absolute atomic E-state index is 0.0310. The molecule has 4 unspecified atom stereocenters. The number of rotatable bonds is 5. The lowest BCUT2D eigenvalue weighted by Crippen LogP contribution is -2.49. The number of Topliss-reactive ketones (excluding diaryl/α,β-unsaturated/α-hetero) is 1. The van der Waals surface area contributed by atoms with Crippen LogP contribution in [-0.4, -0.2) is 70.8 Å². The summed E-state index contributed by atoms with van der Waals surface area (Å²) in [5, 5.41) is 50.5. The molecule has 10 heteroatoms. The van der Waals surface area contributed by atoms with Crippen molar-refractivity contribution in [2.45, 2.75) is 90.1 Å². The van der Waals surface area contributed by atoms with Gasteiger partial charge in [-0.05, 0) is 61.6 Å². The maximum Gasteiger partial charge on any atom is 0.200 e. The summed E-state index contributed by atoms with van der Waals surface area (Å²) < 4.78 is 11.5. The maximum absolute atomic E-state index is 12.8. The van der Waals surface area contributed by atoms with E-state index in [4.69, 9.17) is 9.47 Å². The van der Waals surface area contributed by atoms with E-state index in [9.17, 15) is 25.2 Å². The number of fused-ring (bicyclic) bond motifs is 5. The highest BCUT2D eigenvalue weighted by Crippen LogP contribution is 2.44. The normalized spacial score (nSPS) is 23.5. The second-order valence-corrected chi connectivity index (χ2v) is 12.8. The van der Waals surface area contributed by atoms with E-state index in [1.807, 2.05) is 6.07 Å². The number of aliphatic imine (C=N–C) groups is 1. The zero-order chi connectivity index (χ0) is 32.1. The molecule has 0 amide bonds. The zero-order valence-corrected chi connectivity index (χ0v) is 26.4. The third-order valence-corrected chi connectivity index (χ3v) is 8.79. The van der Waals surface area contributed by atoms with Gasteiger partial charge < -0.3 is 40.5 Å². The van der Waals surface area contributed by atoms with Gasteiger partial charge in [-0.2, -0.15) is 0 Å². The Labute approximate surface area is 264 Å². The van der Waals surface area contributed by atoms with Gasteiger partial charge in [-0.15, -0.1) is 0 Å². The molecule has 2 bridgehead atoms. The highest BCUT2D eigenvalue weighted by molar-refractivity contribution is 5.80. The first kappa shape index (κ1) is 32.5. The molecule has 2 aromatic rings. The molecule has 1 aliphatic carbocycles. The Kier molecular flexibility index (Phi) is 10.4. The Morgan fingerprint density at radius 1 is 1.11 bits per heavy atom. The number of phenolic OH excluding ortho intramolecular Hbond substituents is 2. The molecule has 45 heavy (non-hydrogen) atoms. The van der Waals surface area contributed by atoms with Crippen LogP contribution in [0.2, 0.25) is 0 Å². The van der Waals surface area contributed by atoms with Crippen LogP contribution in [0.25, 0.3) is 0 Å².